The zero-order valence-electron chi connectivity index (χ0n) is 11.3. The van der Waals surface area contributed by atoms with Crippen molar-refractivity contribution in [2.24, 2.45) is 0 Å². The molecule has 0 saturated carbocycles. The second kappa shape index (κ2) is 5.97. The van der Waals surface area contributed by atoms with Gasteiger partial charge in [-0.25, -0.2) is 0 Å². The van der Waals surface area contributed by atoms with E-state index in [9.17, 15) is 4.79 Å². The van der Waals surface area contributed by atoms with Crippen molar-refractivity contribution in [3.63, 3.8) is 0 Å². The van der Waals surface area contributed by atoms with Gasteiger partial charge in [0.25, 0.3) is 0 Å². The minimum Gasteiger partial charge on any atom is -0.494 e. The van der Waals surface area contributed by atoms with Gasteiger partial charge < -0.3 is 20.5 Å². The van der Waals surface area contributed by atoms with Gasteiger partial charge in [0.2, 0.25) is 5.91 Å². The lowest BCUT2D eigenvalue weighted by atomic mass is 10.2. The highest BCUT2D eigenvalue weighted by molar-refractivity contribution is 5.91. The minimum absolute atomic E-state index is 0.196. The van der Waals surface area contributed by atoms with Crippen molar-refractivity contribution in [3.05, 3.63) is 42.5 Å². The van der Waals surface area contributed by atoms with Crippen LogP contribution in [-0.4, -0.2) is 13.0 Å². The van der Waals surface area contributed by atoms with Crippen molar-refractivity contribution < 1.29 is 14.3 Å². The Balaban J connectivity index is 2.35. The third-order valence-electron chi connectivity index (χ3n) is 2.61. The molecule has 0 heterocycles. The number of amides is 1. The second-order valence-corrected chi connectivity index (χ2v) is 4.19. The van der Waals surface area contributed by atoms with Crippen LogP contribution in [0.4, 0.5) is 11.4 Å². The van der Waals surface area contributed by atoms with Crippen LogP contribution in [0.1, 0.15) is 6.92 Å². The molecule has 20 heavy (non-hydrogen) atoms. The van der Waals surface area contributed by atoms with Gasteiger partial charge in [0.05, 0.1) is 18.5 Å². The van der Waals surface area contributed by atoms with E-state index in [-0.39, 0.29) is 5.91 Å². The Morgan fingerprint density at radius 1 is 1.15 bits per heavy atom. The van der Waals surface area contributed by atoms with E-state index in [1.807, 2.05) is 30.3 Å². The molecule has 2 aromatic carbocycles. The summed E-state index contributed by atoms with van der Waals surface area (Å²) in [6, 6.07) is 12.5. The average molecular weight is 272 g/mol. The number of rotatable bonds is 4. The highest BCUT2D eigenvalue weighted by atomic mass is 16.5. The maximum Gasteiger partial charge on any atom is 0.221 e. The molecule has 0 aliphatic heterocycles. The summed E-state index contributed by atoms with van der Waals surface area (Å²) in [5.74, 6) is 1.41. The van der Waals surface area contributed by atoms with Crippen LogP contribution in [0.15, 0.2) is 42.5 Å². The molecule has 0 aliphatic rings. The van der Waals surface area contributed by atoms with E-state index < -0.39 is 0 Å². The lowest BCUT2D eigenvalue weighted by Crippen LogP contribution is -2.08. The summed E-state index contributed by atoms with van der Waals surface area (Å²) in [6.07, 6.45) is 0. The number of ether oxygens (including phenoxy) is 2. The molecular weight excluding hydrogens is 256 g/mol. The fourth-order valence-electron chi connectivity index (χ4n) is 1.74. The summed E-state index contributed by atoms with van der Waals surface area (Å²) in [4.78, 5) is 11.2. The number of hydrogen-bond donors (Lipinski definition) is 2. The monoisotopic (exact) mass is 272 g/mol. The van der Waals surface area contributed by atoms with Gasteiger partial charge in [0.1, 0.15) is 11.5 Å². The summed E-state index contributed by atoms with van der Waals surface area (Å²) in [6.45, 7) is 1.42. The van der Waals surface area contributed by atoms with Gasteiger partial charge in [-0.1, -0.05) is 18.2 Å². The van der Waals surface area contributed by atoms with Gasteiger partial charge in [-0.15, -0.1) is 0 Å². The van der Waals surface area contributed by atoms with Crippen LogP contribution in [0.5, 0.6) is 17.2 Å². The SMILES string of the molecule is COc1cc(N)c(Oc2ccccc2)cc1NC(C)=O. The molecule has 0 fully saturated rings. The van der Waals surface area contributed by atoms with Crippen molar-refractivity contribution >= 4 is 17.3 Å². The van der Waals surface area contributed by atoms with Crippen molar-refractivity contribution in [3.8, 4) is 17.2 Å². The Hall–Kier alpha value is -2.69. The maximum absolute atomic E-state index is 11.2. The average Bonchev–Trinajstić information content (AvgIpc) is 2.42. The predicted octanol–water partition coefficient (Wildman–Crippen LogP) is 3.03. The lowest BCUT2D eigenvalue weighted by Gasteiger charge is -2.14. The molecule has 104 valence electrons. The number of nitrogens with one attached hydrogen (secondary N) is 1. The summed E-state index contributed by atoms with van der Waals surface area (Å²) >= 11 is 0. The van der Waals surface area contributed by atoms with E-state index in [1.165, 1.54) is 14.0 Å². The van der Waals surface area contributed by atoms with E-state index in [0.717, 1.165) is 0 Å². The molecule has 5 heteroatoms. The zero-order valence-corrected chi connectivity index (χ0v) is 11.3. The van der Waals surface area contributed by atoms with Gasteiger partial charge in [-0.2, -0.15) is 0 Å². The number of benzene rings is 2. The first-order valence-electron chi connectivity index (χ1n) is 6.08. The summed E-state index contributed by atoms with van der Waals surface area (Å²) in [5.41, 5.74) is 6.87. The topological polar surface area (TPSA) is 73.6 Å². The van der Waals surface area contributed by atoms with Gasteiger partial charge in [0.15, 0.2) is 5.75 Å². The molecule has 5 nitrogen and oxygen atoms in total. The molecule has 2 aromatic rings. The molecular formula is C15H16N2O3. The molecule has 2 rings (SSSR count). The van der Waals surface area contributed by atoms with Crippen molar-refractivity contribution in [2.45, 2.75) is 6.92 Å². The number of nitrogens with two attached hydrogens (primary N) is 1. The fraction of sp³-hybridized carbons (Fsp3) is 0.133. The Labute approximate surface area is 117 Å². The van der Waals surface area contributed by atoms with E-state index >= 15 is 0 Å². The van der Waals surface area contributed by atoms with Crippen molar-refractivity contribution in [1.29, 1.82) is 0 Å². The third-order valence-corrected chi connectivity index (χ3v) is 2.61. The number of para-hydroxylation sites is 1. The lowest BCUT2D eigenvalue weighted by molar-refractivity contribution is -0.114. The van der Waals surface area contributed by atoms with Crippen molar-refractivity contribution in [2.75, 3.05) is 18.2 Å². The van der Waals surface area contributed by atoms with E-state index in [1.54, 1.807) is 12.1 Å². The Morgan fingerprint density at radius 3 is 2.45 bits per heavy atom. The van der Waals surface area contributed by atoms with Crippen LogP contribution in [0.2, 0.25) is 0 Å². The summed E-state index contributed by atoms with van der Waals surface area (Å²) < 4.78 is 10.9. The molecule has 0 aromatic heterocycles. The largest absolute Gasteiger partial charge is 0.494 e. The van der Waals surface area contributed by atoms with E-state index in [0.29, 0.717) is 28.6 Å². The molecule has 3 N–H and O–H groups in total. The fourth-order valence-corrected chi connectivity index (χ4v) is 1.74. The Morgan fingerprint density at radius 2 is 1.85 bits per heavy atom. The highest BCUT2D eigenvalue weighted by Gasteiger charge is 2.11. The quantitative estimate of drug-likeness (QED) is 0.839. The van der Waals surface area contributed by atoms with Gasteiger partial charge >= 0.3 is 0 Å². The van der Waals surface area contributed by atoms with Crippen LogP contribution in [0.25, 0.3) is 0 Å². The zero-order chi connectivity index (χ0) is 14.5. The standard InChI is InChI=1S/C15H16N2O3/c1-10(18)17-13-9-14(12(16)8-15(13)19-2)20-11-6-4-3-5-7-11/h3-9H,16H2,1-2H3,(H,17,18). The summed E-state index contributed by atoms with van der Waals surface area (Å²) in [5, 5.41) is 2.68. The Kier molecular flexibility index (Phi) is 4.10. The first kappa shape index (κ1) is 13.7. The molecule has 0 unspecified atom stereocenters. The predicted molar refractivity (Wildman–Crippen MR) is 78.2 cm³/mol. The number of hydrogen-bond acceptors (Lipinski definition) is 4. The Bertz CT molecular complexity index is 612. The molecule has 0 saturated heterocycles. The van der Waals surface area contributed by atoms with Gasteiger partial charge in [-0.05, 0) is 12.1 Å². The number of methoxy groups -OCH3 is 1. The smallest absolute Gasteiger partial charge is 0.221 e. The van der Waals surface area contributed by atoms with Crippen LogP contribution in [0, 0.1) is 0 Å². The van der Waals surface area contributed by atoms with Crippen LogP contribution in [0.3, 0.4) is 0 Å². The molecule has 0 aliphatic carbocycles. The van der Waals surface area contributed by atoms with Crippen LogP contribution in [-0.2, 0) is 4.79 Å². The van der Waals surface area contributed by atoms with Crippen molar-refractivity contribution in [1.82, 2.24) is 0 Å². The molecule has 0 spiro atoms. The second-order valence-electron chi connectivity index (χ2n) is 4.19. The minimum atomic E-state index is -0.196. The first-order chi connectivity index (χ1) is 9.60. The highest BCUT2D eigenvalue weighted by Crippen LogP contribution is 2.36. The molecule has 0 radical (unpaired) electrons. The van der Waals surface area contributed by atoms with Gasteiger partial charge in [-0.3, -0.25) is 4.79 Å². The number of nitrogen functional groups attached to an aromatic ring is 1. The molecule has 0 atom stereocenters. The van der Waals surface area contributed by atoms with Gasteiger partial charge in [0, 0.05) is 19.1 Å². The number of anilines is 2. The van der Waals surface area contributed by atoms with Crippen LogP contribution >= 0.6 is 0 Å². The molecule has 0 bridgehead atoms. The summed E-state index contributed by atoms with van der Waals surface area (Å²) in [7, 11) is 1.51. The normalized spacial score (nSPS) is 9.90. The van der Waals surface area contributed by atoms with E-state index in [4.69, 9.17) is 15.2 Å². The molecule has 1 amide bonds. The number of carbonyl (C=O) groups is 1. The van der Waals surface area contributed by atoms with Crippen LogP contribution < -0.4 is 20.5 Å². The van der Waals surface area contributed by atoms with E-state index in [2.05, 4.69) is 5.32 Å². The third kappa shape index (κ3) is 3.20. The first-order valence-corrected chi connectivity index (χ1v) is 6.08. The number of carbonyl (C=O) groups excluding carboxylic acids is 1. The maximum atomic E-state index is 11.2.